The summed E-state index contributed by atoms with van der Waals surface area (Å²) >= 11 is 0. The maximum Gasteiger partial charge on any atom is 0.223 e. The molecule has 5 N–H and O–H groups in total. The highest BCUT2D eigenvalue weighted by Gasteiger charge is 2.23. The number of H-pyrrole nitrogens is 1. The molecule has 1 fully saturated rings. The van der Waals surface area contributed by atoms with Crippen LogP contribution in [0.15, 0.2) is 30.3 Å². The smallest absolute Gasteiger partial charge is 0.223 e. The maximum atomic E-state index is 13.1. The van der Waals surface area contributed by atoms with Gasteiger partial charge in [-0.1, -0.05) is 0 Å². The van der Waals surface area contributed by atoms with E-state index in [1.165, 1.54) is 12.1 Å². The van der Waals surface area contributed by atoms with Gasteiger partial charge in [0.2, 0.25) is 5.95 Å². The Balaban J connectivity index is 1.83. The van der Waals surface area contributed by atoms with Gasteiger partial charge in [-0.3, -0.25) is 0 Å². The van der Waals surface area contributed by atoms with Gasteiger partial charge in [-0.15, -0.1) is 0 Å². The molecule has 0 bridgehead atoms. The highest BCUT2D eigenvalue weighted by Crippen LogP contribution is 2.31. The van der Waals surface area contributed by atoms with Gasteiger partial charge in [-0.2, -0.15) is 9.97 Å². The molecule has 3 aromatic rings. The first-order valence-electron chi connectivity index (χ1n) is 7.53. The summed E-state index contributed by atoms with van der Waals surface area (Å²) in [5.74, 6) is 0.756. The number of nitrogens with zero attached hydrogens (tertiary/aromatic N) is 3. The molecule has 1 aliphatic rings. The third-order valence-corrected chi connectivity index (χ3v) is 4.16. The lowest BCUT2D eigenvalue weighted by molar-refractivity contribution is 0.628. The van der Waals surface area contributed by atoms with Crippen molar-refractivity contribution in [2.75, 3.05) is 23.7 Å². The number of rotatable bonds is 2. The summed E-state index contributed by atoms with van der Waals surface area (Å²) in [7, 11) is 0. The summed E-state index contributed by atoms with van der Waals surface area (Å²) in [5.41, 5.74) is 14.2. The van der Waals surface area contributed by atoms with Crippen LogP contribution in [0.5, 0.6) is 0 Å². The van der Waals surface area contributed by atoms with Gasteiger partial charge in [-0.05, 0) is 42.3 Å². The quantitative estimate of drug-likeness (QED) is 0.671. The molecule has 118 valence electrons. The second-order valence-electron chi connectivity index (χ2n) is 5.85. The van der Waals surface area contributed by atoms with Gasteiger partial charge in [0.25, 0.3) is 0 Å². The molecule has 1 atom stereocenters. The van der Waals surface area contributed by atoms with E-state index in [-0.39, 0.29) is 17.8 Å². The Morgan fingerprint density at radius 3 is 2.70 bits per heavy atom. The van der Waals surface area contributed by atoms with Gasteiger partial charge in [0.15, 0.2) is 0 Å². The second-order valence-corrected chi connectivity index (χ2v) is 5.85. The largest absolute Gasteiger partial charge is 0.368 e. The SMILES string of the molecule is Nc1nc(N2CC[C@H](N)C2)c2cc(-c3ccc(F)cc3)[nH]c2n1. The molecule has 0 aliphatic carbocycles. The summed E-state index contributed by atoms with van der Waals surface area (Å²) < 4.78 is 13.1. The lowest BCUT2D eigenvalue weighted by atomic mass is 10.1. The Hall–Kier alpha value is -2.67. The first-order chi connectivity index (χ1) is 11.1. The molecule has 0 unspecified atom stereocenters. The van der Waals surface area contributed by atoms with E-state index >= 15 is 0 Å². The fourth-order valence-electron chi connectivity index (χ4n) is 3.02. The van der Waals surface area contributed by atoms with E-state index in [0.717, 1.165) is 42.0 Å². The van der Waals surface area contributed by atoms with Crippen molar-refractivity contribution in [2.45, 2.75) is 12.5 Å². The molecule has 0 radical (unpaired) electrons. The van der Waals surface area contributed by atoms with Crippen LogP contribution < -0.4 is 16.4 Å². The fraction of sp³-hybridized carbons (Fsp3) is 0.250. The lowest BCUT2D eigenvalue weighted by Crippen LogP contribution is -2.27. The average molecular weight is 312 g/mol. The van der Waals surface area contributed by atoms with E-state index in [9.17, 15) is 4.39 Å². The summed E-state index contributed by atoms with van der Waals surface area (Å²) in [6, 6.07) is 8.44. The zero-order chi connectivity index (χ0) is 16.0. The van der Waals surface area contributed by atoms with Crippen molar-refractivity contribution in [3.05, 3.63) is 36.1 Å². The number of anilines is 2. The number of aromatic nitrogens is 3. The molecular formula is C16H17FN6. The molecule has 1 aliphatic heterocycles. The van der Waals surface area contributed by atoms with E-state index in [4.69, 9.17) is 11.5 Å². The van der Waals surface area contributed by atoms with Gasteiger partial charge in [0.05, 0.1) is 5.39 Å². The molecule has 3 heterocycles. The number of fused-ring (bicyclic) bond motifs is 1. The van der Waals surface area contributed by atoms with Crippen molar-refractivity contribution >= 4 is 22.8 Å². The normalized spacial score (nSPS) is 18.0. The van der Waals surface area contributed by atoms with Crippen molar-refractivity contribution in [1.29, 1.82) is 0 Å². The third-order valence-electron chi connectivity index (χ3n) is 4.16. The number of nitrogens with two attached hydrogens (primary N) is 2. The van der Waals surface area contributed by atoms with Crippen LogP contribution in [0.2, 0.25) is 0 Å². The van der Waals surface area contributed by atoms with E-state index in [1.54, 1.807) is 12.1 Å². The number of nitrogen functional groups attached to an aromatic ring is 1. The van der Waals surface area contributed by atoms with Crippen molar-refractivity contribution in [3.8, 4) is 11.3 Å². The molecule has 4 rings (SSSR count). The minimum Gasteiger partial charge on any atom is -0.368 e. The first kappa shape index (κ1) is 14.0. The Morgan fingerprint density at radius 1 is 1.22 bits per heavy atom. The first-order valence-corrected chi connectivity index (χ1v) is 7.53. The van der Waals surface area contributed by atoms with E-state index in [1.807, 2.05) is 6.07 Å². The maximum absolute atomic E-state index is 13.1. The number of halogens is 1. The number of aromatic amines is 1. The van der Waals surface area contributed by atoms with Crippen LogP contribution in [-0.4, -0.2) is 34.1 Å². The standard InChI is InChI=1S/C16H17FN6/c17-10-3-1-9(2-4-10)13-7-12-14(20-13)21-16(19)22-15(12)23-6-5-11(18)8-23/h1-4,7,11H,5-6,8,18H2,(H3,19,20,21,22)/t11-/m0/s1. The Kier molecular flexibility index (Phi) is 3.16. The molecule has 23 heavy (non-hydrogen) atoms. The van der Waals surface area contributed by atoms with Crippen LogP contribution in [0, 0.1) is 5.82 Å². The predicted molar refractivity (Wildman–Crippen MR) is 88.5 cm³/mol. The topological polar surface area (TPSA) is 96.9 Å². The average Bonchev–Trinajstić information content (AvgIpc) is 3.13. The van der Waals surface area contributed by atoms with E-state index < -0.39 is 0 Å². The highest BCUT2D eigenvalue weighted by atomic mass is 19.1. The van der Waals surface area contributed by atoms with Crippen LogP contribution in [0.4, 0.5) is 16.2 Å². The Labute approximate surface area is 132 Å². The van der Waals surface area contributed by atoms with Crippen LogP contribution in [0.3, 0.4) is 0 Å². The minimum absolute atomic E-state index is 0.150. The van der Waals surface area contributed by atoms with Crippen molar-refractivity contribution in [3.63, 3.8) is 0 Å². The van der Waals surface area contributed by atoms with E-state index in [2.05, 4.69) is 19.9 Å². The fourth-order valence-corrected chi connectivity index (χ4v) is 3.02. The summed E-state index contributed by atoms with van der Waals surface area (Å²) in [6.45, 7) is 1.60. The van der Waals surface area contributed by atoms with E-state index in [0.29, 0.717) is 5.65 Å². The molecule has 0 saturated carbocycles. The summed E-state index contributed by atoms with van der Waals surface area (Å²) in [5, 5.41) is 0.896. The van der Waals surface area contributed by atoms with Crippen LogP contribution in [0.1, 0.15) is 6.42 Å². The number of hydrogen-bond acceptors (Lipinski definition) is 5. The summed E-state index contributed by atoms with van der Waals surface area (Å²) in [4.78, 5) is 14.0. The molecule has 2 aromatic heterocycles. The Morgan fingerprint density at radius 2 is 2.00 bits per heavy atom. The van der Waals surface area contributed by atoms with Crippen LogP contribution in [-0.2, 0) is 0 Å². The number of nitrogens with one attached hydrogen (secondary N) is 1. The van der Waals surface area contributed by atoms with Crippen LogP contribution >= 0.6 is 0 Å². The molecule has 1 aromatic carbocycles. The predicted octanol–water partition coefficient (Wildman–Crippen LogP) is 1.88. The molecular weight excluding hydrogens is 295 g/mol. The lowest BCUT2D eigenvalue weighted by Gasteiger charge is -2.17. The Bertz CT molecular complexity index is 857. The van der Waals surface area contributed by atoms with Crippen molar-refractivity contribution in [1.82, 2.24) is 15.0 Å². The van der Waals surface area contributed by atoms with Crippen molar-refractivity contribution < 1.29 is 4.39 Å². The second kappa shape index (κ2) is 5.20. The third kappa shape index (κ3) is 2.49. The van der Waals surface area contributed by atoms with Gasteiger partial charge in [0, 0.05) is 24.8 Å². The van der Waals surface area contributed by atoms with Crippen LogP contribution in [0.25, 0.3) is 22.3 Å². The molecule has 6 nitrogen and oxygen atoms in total. The minimum atomic E-state index is -0.263. The molecule has 0 amide bonds. The monoisotopic (exact) mass is 312 g/mol. The zero-order valence-corrected chi connectivity index (χ0v) is 12.5. The molecule has 7 heteroatoms. The summed E-state index contributed by atoms with van der Waals surface area (Å²) in [6.07, 6.45) is 0.931. The number of hydrogen-bond donors (Lipinski definition) is 3. The molecule has 0 spiro atoms. The van der Waals surface area contributed by atoms with Crippen molar-refractivity contribution in [2.24, 2.45) is 5.73 Å². The zero-order valence-electron chi connectivity index (χ0n) is 12.5. The molecule has 1 saturated heterocycles. The van der Waals surface area contributed by atoms with Gasteiger partial charge in [0.1, 0.15) is 17.3 Å². The van der Waals surface area contributed by atoms with Gasteiger partial charge < -0.3 is 21.4 Å². The van der Waals surface area contributed by atoms with Gasteiger partial charge >= 0.3 is 0 Å². The number of benzene rings is 1. The highest BCUT2D eigenvalue weighted by molar-refractivity contribution is 5.93. The van der Waals surface area contributed by atoms with Gasteiger partial charge in [-0.25, -0.2) is 4.39 Å².